The lowest BCUT2D eigenvalue weighted by atomic mass is 9.76. The molecule has 0 amide bonds. The zero-order chi connectivity index (χ0) is 13.7. The molecular formula is C17H20O2. The molecule has 0 radical (unpaired) electrons. The summed E-state index contributed by atoms with van der Waals surface area (Å²) in [7, 11) is 0. The first kappa shape index (κ1) is 13.8. The molecule has 100 valence electrons. The van der Waals surface area contributed by atoms with E-state index in [0.717, 1.165) is 11.1 Å². The van der Waals surface area contributed by atoms with Crippen molar-refractivity contribution in [3.05, 3.63) is 71.3 Å². The van der Waals surface area contributed by atoms with Gasteiger partial charge in [-0.05, 0) is 24.5 Å². The fourth-order valence-electron chi connectivity index (χ4n) is 2.45. The number of aryl methyl sites for hydroxylation is 1. The second-order valence-electron chi connectivity index (χ2n) is 5.13. The van der Waals surface area contributed by atoms with Gasteiger partial charge in [0.15, 0.2) is 0 Å². The predicted octanol–water partition coefficient (Wildman–Crippen LogP) is 2.46. The fraction of sp³-hybridized carbons (Fsp3) is 0.294. The van der Waals surface area contributed by atoms with Crippen LogP contribution < -0.4 is 0 Å². The molecule has 0 aliphatic heterocycles. The minimum atomic E-state index is -0.616. The summed E-state index contributed by atoms with van der Waals surface area (Å²) in [5, 5.41) is 19.6. The average Bonchev–Trinajstić information content (AvgIpc) is 2.46. The Morgan fingerprint density at radius 3 is 2.16 bits per heavy atom. The van der Waals surface area contributed by atoms with Gasteiger partial charge < -0.3 is 10.2 Å². The van der Waals surface area contributed by atoms with E-state index in [-0.39, 0.29) is 13.2 Å². The highest BCUT2D eigenvalue weighted by molar-refractivity contribution is 5.31. The quantitative estimate of drug-likeness (QED) is 0.862. The lowest BCUT2D eigenvalue weighted by molar-refractivity contribution is 0.116. The maximum Gasteiger partial charge on any atom is 0.0553 e. The van der Waals surface area contributed by atoms with E-state index in [1.54, 1.807) is 0 Å². The van der Waals surface area contributed by atoms with Crippen molar-refractivity contribution in [2.45, 2.75) is 18.8 Å². The molecule has 0 saturated heterocycles. The highest BCUT2D eigenvalue weighted by Gasteiger charge is 2.31. The van der Waals surface area contributed by atoms with Crippen molar-refractivity contribution in [1.82, 2.24) is 0 Å². The molecular weight excluding hydrogens is 236 g/mol. The Hall–Kier alpha value is -1.64. The molecule has 0 aliphatic carbocycles. The first-order valence-corrected chi connectivity index (χ1v) is 6.53. The van der Waals surface area contributed by atoms with E-state index in [2.05, 4.69) is 6.07 Å². The van der Waals surface area contributed by atoms with Gasteiger partial charge in [-0.2, -0.15) is 0 Å². The predicted molar refractivity (Wildman–Crippen MR) is 77.2 cm³/mol. The first-order chi connectivity index (χ1) is 9.20. The maximum atomic E-state index is 9.80. The minimum Gasteiger partial charge on any atom is -0.395 e. The van der Waals surface area contributed by atoms with Crippen LogP contribution in [-0.2, 0) is 11.8 Å². The van der Waals surface area contributed by atoms with E-state index >= 15 is 0 Å². The summed E-state index contributed by atoms with van der Waals surface area (Å²) in [6.45, 7) is 1.91. The lowest BCUT2D eigenvalue weighted by Crippen LogP contribution is -2.37. The Morgan fingerprint density at radius 2 is 1.58 bits per heavy atom. The van der Waals surface area contributed by atoms with Gasteiger partial charge in [0, 0.05) is 5.41 Å². The van der Waals surface area contributed by atoms with Crippen LogP contribution in [0.4, 0.5) is 0 Å². The molecule has 0 heterocycles. The standard InChI is InChI=1S/C17H20O2/c1-14-6-5-7-15(10-14)11-17(12-18,13-19)16-8-3-2-4-9-16/h2-10,18-19H,11-13H2,1H3. The molecule has 2 aromatic carbocycles. The van der Waals surface area contributed by atoms with Gasteiger partial charge in [-0.1, -0.05) is 60.2 Å². The minimum absolute atomic E-state index is 0.0680. The normalized spacial score (nSPS) is 11.5. The van der Waals surface area contributed by atoms with Crippen LogP contribution in [0.2, 0.25) is 0 Å². The molecule has 19 heavy (non-hydrogen) atoms. The maximum absolute atomic E-state index is 9.80. The highest BCUT2D eigenvalue weighted by Crippen LogP contribution is 2.28. The Kier molecular flexibility index (Phi) is 4.35. The highest BCUT2D eigenvalue weighted by atomic mass is 16.3. The third-order valence-electron chi connectivity index (χ3n) is 3.62. The third-order valence-corrected chi connectivity index (χ3v) is 3.62. The van der Waals surface area contributed by atoms with E-state index in [1.807, 2.05) is 55.5 Å². The van der Waals surface area contributed by atoms with E-state index in [9.17, 15) is 10.2 Å². The Balaban J connectivity index is 2.35. The van der Waals surface area contributed by atoms with Gasteiger partial charge in [-0.15, -0.1) is 0 Å². The van der Waals surface area contributed by atoms with E-state index in [1.165, 1.54) is 5.56 Å². The molecule has 2 rings (SSSR count). The molecule has 2 nitrogen and oxygen atoms in total. The topological polar surface area (TPSA) is 40.5 Å². The summed E-state index contributed by atoms with van der Waals surface area (Å²) in [4.78, 5) is 0. The molecule has 0 saturated carbocycles. The van der Waals surface area contributed by atoms with Crippen LogP contribution in [0.25, 0.3) is 0 Å². The van der Waals surface area contributed by atoms with E-state index in [4.69, 9.17) is 0 Å². The van der Waals surface area contributed by atoms with Crippen LogP contribution in [0.1, 0.15) is 16.7 Å². The van der Waals surface area contributed by atoms with Gasteiger partial charge in [0.25, 0.3) is 0 Å². The lowest BCUT2D eigenvalue weighted by Gasteiger charge is -2.30. The SMILES string of the molecule is Cc1cccc(CC(CO)(CO)c2ccccc2)c1. The van der Waals surface area contributed by atoms with Crippen molar-refractivity contribution in [2.75, 3.05) is 13.2 Å². The monoisotopic (exact) mass is 256 g/mol. The molecule has 2 N–H and O–H groups in total. The molecule has 0 aromatic heterocycles. The van der Waals surface area contributed by atoms with Crippen LogP contribution in [0.3, 0.4) is 0 Å². The Morgan fingerprint density at radius 1 is 0.895 bits per heavy atom. The van der Waals surface area contributed by atoms with E-state index in [0.29, 0.717) is 6.42 Å². The largest absolute Gasteiger partial charge is 0.395 e. The van der Waals surface area contributed by atoms with E-state index < -0.39 is 5.41 Å². The summed E-state index contributed by atoms with van der Waals surface area (Å²) in [6.07, 6.45) is 0.631. The van der Waals surface area contributed by atoms with Crippen LogP contribution in [0.5, 0.6) is 0 Å². The van der Waals surface area contributed by atoms with Gasteiger partial charge in [0.05, 0.1) is 13.2 Å². The number of benzene rings is 2. The second-order valence-corrected chi connectivity index (χ2v) is 5.13. The van der Waals surface area contributed by atoms with Gasteiger partial charge in [-0.3, -0.25) is 0 Å². The summed E-state index contributed by atoms with van der Waals surface area (Å²) < 4.78 is 0. The van der Waals surface area contributed by atoms with Gasteiger partial charge in [0.2, 0.25) is 0 Å². The van der Waals surface area contributed by atoms with Gasteiger partial charge in [-0.25, -0.2) is 0 Å². The van der Waals surface area contributed by atoms with Crippen LogP contribution in [0, 0.1) is 6.92 Å². The molecule has 0 atom stereocenters. The van der Waals surface area contributed by atoms with Gasteiger partial charge >= 0.3 is 0 Å². The van der Waals surface area contributed by atoms with Crippen molar-refractivity contribution in [1.29, 1.82) is 0 Å². The molecule has 0 bridgehead atoms. The number of hydrogen-bond acceptors (Lipinski definition) is 2. The number of hydrogen-bond donors (Lipinski definition) is 2. The summed E-state index contributed by atoms with van der Waals surface area (Å²) in [5.41, 5.74) is 2.68. The van der Waals surface area contributed by atoms with Crippen molar-refractivity contribution in [2.24, 2.45) is 0 Å². The summed E-state index contributed by atoms with van der Waals surface area (Å²) in [5.74, 6) is 0. The molecule has 0 aliphatic rings. The molecule has 0 unspecified atom stereocenters. The smallest absolute Gasteiger partial charge is 0.0553 e. The number of rotatable bonds is 5. The van der Waals surface area contributed by atoms with Crippen molar-refractivity contribution in [3.8, 4) is 0 Å². The Bertz CT molecular complexity index is 516. The zero-order valence-electron chi connectivity index (χ0n) is 11.2. The van der Waals surface area contributed by atoms with Crippen LogP contribution in [-0.4, -0.2) is 23.4 Å². The van der Waals surface area contributed by atoms with Crippen LogP contribution in [0.15, 0.2) is 54.6 Å². The molecule has 0 fully saturated rings. The third kappa shape index (κ3) is 3.03. The van der Waals surface area contributed by atoms with Crippen molar-refractivity contribution in [3.63, 3.8) is 0 Å². The molecule has 2 heteroatoms. The fourth-order valence-corrected chi connectivity index (χ4v) is 2.45. The number of aliphatic hydroxyl groups excluding tert-OH is 2. The summed E-state index contributed by atoms with van der Waals surface area (Å²) >= 11 is 0. The number of aliphatic hydroxyl groups is 2. The molecule has 0 spiro atoms. The molecule has 2 aromatic rings. The second kappa shape index (κ2) is 6.00. The van der Waals surface area contributed by atoms with Crippen molar-refractivity contribution >= 4 is 0 Å². The first-order valence-electron chi connectivity index (χ1n) is 6.53. The zero-order valence-corrected chi connectivity index (χ0v) is 11.2. The van der Waals surface area contributed by atoms with Crippen LogP contribution >= 0.6 is 0 Å². The van der Waals surface area contributed by atoms with Crippen molar-refractivity contribution < 1.29 is 10.2 Å². The average molecular weight is 256 g/mol. The Labute approximate surface area is 114 Å². The summed E-state index contributed by atoms with van der Waals surface area (Å²) in [6, 6.07) is 17.9. The van der Waals surface area contributed by atoms with Gasteiger partial charge in [0.1, 0.15) is 0 Å².